The summed E-state index contributed by atoms with van der Waals surface area (Å²) in [6, 6.07) is 13.0. The first-order chi connectivity index (χ1) is 38.5. The highest BCUT2D eigenvalue weighted by atomic mass is 32.1. The molecule has 0 N–H and O–H groups in total. The van der Waals surface area contributed by atoms with E-state index >= 15 is 9.59 Å². The number of fused-ring (bicyclic) bond motifs is 1. The second-order valence-corrected chi connectivity index (χ2v) is 27.6. The van der Waals surface area contributed by atoms with E-state index in [1.807, 2.05) is 6.20 Å². The van der Waals surface area contributed by atoms with Crippen LogP contribution in [0.1, 0.15) is 294 Å². The van der Waals surface area contributed by atoms with E-state index in [9.17, 15) is 0 Å². The Morgan fingerprint density at radius 2 is 0.705 bits per heavy atom. The minimum atomic E-state index is 0.0290. The lowest BCUT2D eigenvalue weighted by atomic mass is 9.93. The maximum absolute atomic E-state index is 15.9. The fraction of sp³-hybridized carbons (Fsp3) is 0.696. The van der Waals surface area contributed by atoms with E-state index in [1.165, 1.54) is 241 Å². The number of carbonyl (C=O) groups is 2. The summed E-state index contributed by atoms with van der Waals surface area (Å²) in [5.41, 5.74) is 2.98. The SMILES string of the molecule is CCCCCCCCCCCCC(CCCCCCCCCC)CN1C(=O)C2=C(c3cnc(-c4cccs4)s3)N(CC(CCCCCCCCCC)CCCCCCCCCCCC)C(=O)C2=C1c1ccc(-c2cccs2)s1. The van der Waals surface area contributed by atoms with Crippen LogP contribution in [-0.2, 0) is 9.59 Å². The number of thiazole rings is 1. The highest BCUT2D eigenvalue weighted by Crippen LogP contribution is 2.51. The molecule has 2 unspecified atom stereocenters. The molecule has 4 aromatic heterocycles. The van der Waals surface area contributed by atoms with Crippen LogP contribution < -0.4 is 0 Å². The second kappa shape index (κ2) is 38.8. The molecule has 0 radical (unpaired) electrons. The smallest absolute Gasteiger partial charge is 0.261 e. The van der Waals surface area contributed by atoms with Crippen molar-refractivity contribution in [1.29, 1.82) is 0 Å². The normalized spacial score (nSPS) is 14.6. The summed E-state index contributed by atoms with van der Waals surface area (Å²) in [4.78, 5) is 46.7. The van der Waals surface area contributed by atoms with E-state index in [2.05, 4.69) is 84.7 Å². The standard InChI is InChI=1S/C69H107N3O2S4/c1-5-9-13-17-21-25-27-31-35-39-44-56(43-37-33-29-23-19-15-11-7-3)54-71-65(60-50-49-59(77-60)58-47-41-51-75-58)63-64(69(71)74)66(62-53-70-67(78-62)61-48-42-52-76-61)72(68(63)73)55-57(45-38-34-30-24-20-16-12-8-4)46-40-36-32-28-26-22-18-14-10-6-2/h41-42,47-53,56-57H,5-40,43-46,54-55H2,1-4H3. The van der Waals surface area contributed by atoms with Gasteiger partial charge in [0.2, 0.25) is 0 Å². The second-order valence-electron chi connectivity index (χ2n) is 23.6. The van der Waals surface area contributed by atoms with Crippen molar-refractivity contribution in [2.45, 2.75) is 285 Å². The van der Waals surface area contributed by atoms with Crippen molar-refractivity contribution < 1.29 is 9.59 Å². The summed E-state index contributed by atoms with van der Waals surface area (Å²) in [7, 11) is 0. The lowest BCUT2D eigenvalue weighted by Crippen LogP contribution is -2.34. The monoisotopic (exact) mass is 1140 g/mol. The van der Waals surface area contributed by atoms with Gasteiger partial charge in [-0.2, -0.15) is 0 Å². The van der Waals surface area contributed by atoms with Gasteiger partial charge in [0.05, 0.1) is 37.2 Å². The predicted molar refractivity (Wildman–Crippen MR) is 345 cm³/mol. The van der Waals surface area contributed by atoms with Crippen LogP contribution in [0.25, 0.3) is 31.0 Å². The van der Waals surface area contributed by atoms with Crippen LogP contribution >= 0.6 is 45.3 Å². The van der Waals surface area contributed by atoms with Crippen LogP contribution in [-0.4, -0.2) is 39.7 Å². The number of rotatable bonds is 48. The van der Waals surface area contributed by atoms with Gasteiger partial charge in [0.25, 0.3) is 11.8 Å². The van der Waals surface area contributed by atoms with E-state index in [0.717, 1.165) is 56.7 Å². The summed E-state index contributed by atoms with van der Waals surface area (Å²) >= 11 is 6.88. The first kappa shape index (κ1) is 64.3. The first-order valence-corrected chi connectivity index (χ1v) is 36.1. The molecule has 0 fully saturated rings. The Balaban J connectivity index is 1.29. The molecule has 0 bridgehead atoms. The zero-order valence-electron chi connectivity index (χ0n) is 49.8. The summed E-state index contributed by atoms with van der Waals surface area (Å²) in [6.07, 6.45) is 53.9. The number of unbranched alkanes of at least 4 members (excludes halogenated alkanes) is 32. The molecular weight excluding hydrogens is 1030 g/mol. The minimum absolute atomic E-state index is 0.0290. The highest BCUT2D eigenvalue weighted by Gasteiger charge is 2.50. The molecule has 4 aromatic rings. The van der Waals surface area contributed by atoms with Gasteiger partial charge in [-0.25, -0.2) is 4.98 Å². The fourth-order valence-electron chi connectivity index (χ4n) is 12.3. The zero-order valence-corrected chi connectivity index (χ0v) is 53.1. The Labute approximate surface area is 493 Å². The third-order valence-corrected chi connectivity index (χ3v) is 21.2. The van der Waals surface area contributed by atoms with Gasteiger partial charge in [0, 0.05) is 29.0 Å². The molecule has 6 heterocycles. The van der Waals surface area contributed by atoms with Crippen molar-refractivity contribution in [3.05, 3.63) is 74.3 Å². The van der Waals surface area contributed by atoms with Crippen molar-refractivity contribution in [2.24, 2.45) is 11.8 Å². The zero-order chi connectivity index (χ0) is 54.8. The van der Waals surface area contributed by atoms with Crippen molar-refractivity contribution in [2.75, 3.05) is 13.1 Å². The van der Waals surface area contributed by atoms with Crippen molar-refractivity contribution >= 4 is 68.6 Å². The largest absolute Gasteiger partial charge is 0.306 e. The Morgan fingerprint density at radius 3 is 1.06 bits per heavy atom. The highest BCUT2D eigenvalue weighted by molar-refractivity contribution is 7.22. The maximum atomic E-state index is 15.9. The van der Waals surface area contributed by atoms with Gasteiger partial charge >= 0.3 is 0 Å². The van der Waals surface area contributed by atoms with Crippen LogP contribution in [0.4, 0.5) is 0 Å². The van der Waals surface area contributed by atoms with Gasteiger partial charge in [-0.05, 0) is 72.5 Å². The van der Waals surface area contributed by atoms with Crippen LogP contribution in [0.2, 0.25) is 0 Å². The van der Waals surface area contributed by atoms with Crippen LogP contribution in [0, 0.1) is 11.8 Å². The summed E-state index contributed by atoms with van der Waals surface area (Å²) in [5, 5.41) is 5.22. The van der Waals surface area contributed by atoms with Crippen molar-refractivity contribution in [3.63, 3.8) is 0 Å². The number of amides is 2. The Morgan fingerprint density at radius 1 is 0.372 bits per heavy atom. The minimum Gasteiger partial charge on any atom is -0.306 e. The van der Waals surface area contributed by atoms with E-state index in [0.29, 0.717) is 36.1 Å². The summed E-state index contributed by atoms with van der Waals surface area (Å²) in [5.74, 6) is 0.819. The Hall–Kier alpha value is -2.85. The third-order valence-electron chi connectivity index (χ3n) is 17.0. The Kier molecular flexibility index (Phi) is 32.0. The molecule has 0 aromatic carbocycles. The summed E-state index contributed by atoms with van der Waals surface area (Å²) < 4.78 is 0. The molecule has 2 atom stereocenters. The van der Waals surface area contributed by atoms with Crippen LogP contribution in [0.15, 0.2) is 64.5 Å². The predicted octanol–water partition coefficient (Wildman–Crippen LogP) is 23.4. The lowest BCUT2D eigenvalue weighted by Gasteiger charge is -2.29. The van der Waals surface area contributed by atoms with Gasteiger partial charge in [-0.15, -0.1) is 45.3 Å². The van der Waals surface area contributed by atoms with E-state index in [4.69, 9.17) is 4.98 Å². The number of thiophene rings is 3. The van der Waals surface area contributed by atoms with Gasteiger partial charge in [-0.3, -0.25) is 9.59 Å². The molecule has 78 heavy (non-hydrogen) atoms. The molecular formula is C69H107N3O2S4. The molecule has 0 saturated carbocycles. The molecule has 2 amide bonds. The van der Waals surface area contributed by atoms with Crippen molar-refractivity contribution in [1.82, 2.24) is 14.8 Å². The van der Waals surface area contributed by atoms with Crippen LogP contribution in [0.5, 0.6) is 0 Å². The molecule has 9 heteroatoms. The topological polar surface area (TPSA) is 53.5 Å². The fourth-order valence-corrected chi connectivity index (χ4v) is 16.0. The lowest BCUT2D eigenvalue weighted by molar-refractivity contribution is -0.124. The van der Waals surface area contributed by atoms with Gasteiger partial charge in [0.15, 0.2) is 0 Å². The third kappa shape index (κ3) is 21.5. The molecule has 434 valence electrons. The van der Waals surface area contributed by atoms with Gasteiger partial charge in [-0.1, -0.05) is 271 Å². The van der Waals surface area contributed by atoms with Crippen molar-refractivity contribution in [3.8, 4) is 19.6 Å². The number of carbonyl (C=O) groups excluding carboxylic acids is 2. The summed E-state index contributed by atoms with van der Waals surface area (Å²) in [6.45, 7) is 10.5. The molecule has 0 aliphatic carbocycles. The average Bonchev–Trinajstić information content (AvgIpc) is 4.42. The van der Waals surface area contributed by atoms with E-state index in [-0.39, 0.29) is 11.8 Å². The number of nitrogens with zero attached hydrogens (tertiary/aromatic N) is 3. The first-order valence-electron chi connectivity index (χ1n) is 32.8. The van der Waals surface area contributed by atoms with E-state index < -0.39 is 0 Å². The molecule has 0 saturated heterocycles. The van der Waals surface area contributed by atoms with E-state index in [1.54, 1.807) is 45.3 Å². The molecule has 0 spiro atoms. The quantitative estimate of drug-likeness (QED) is 0.0414. The maximum Gasteiger partial charge on any atom is 0.261 e. The van der Waals surface area contributed by atoms with Gasteiger partial charge in [0.1, 0.15) is 5.01 Å². The molecule has 2 aliphatic heterocycles. The van der Waals surface area contributed by atoms with Crippen LogP contribution in [0.3, 0.4) is 0 Å². The molecule has 6 rings (SSSR count). The molecule has 2 aliphatic rings. The molecule has 5 nitrogen and oxygen atoms in total. The number of aromatic nitrogens is 1. The average molecular weight is 1140 g/mol. The van der Waals surface area contributed by atoms with Gasteiger partial charge < -0.3 is 9.80 Å². The Bertz CT molecular complexity index is 2110. The number of hydrogen-bond donors (Lipinski definition) is 0. The number of hydrogen-bond acceptors (Lipinski definition) is 7.